The number of hydrogen-bond acceptors (Lipinski definition) is 3. The van der Waals surface area contributed by atoms with E-state index in [-0.39, 0.29) is 11.8 Å². The highest BCUT2D eigenvalue weighted by atomic mass is 16.3. The molecule has 1 aliphatic heterocycles. The van der Waals surface area contributed by atoms with Crippen molar-refractivity contribution in [2.75, 3.05) is 11.9 Å². The summed E-state index contributed by atoms with van der Waals surface area (Å²) in [6.07, 6.45) is 7.34. The molecule has 1 aliphatic carbocycles. The number of aliphatic hydroxyl groups is 1. The average Bonchev–Trinajstić information content (AvgIpc) is 2.93. The van der Waals surface area contributed by atoms with Crippen LogP contribution in [0.15, 0.2) is 18.2 Å². The Morgan fingerprint density at radius 1 is 1.25 bits per heavy atom. The molecule has 1 saturated carbocycles. The van der Waals surface area contributed by atoms with Crippen LogP contribution in [0.2, 0.25) is 0 Å². The normalized spacial score (nSPS) is 18.8. The van der Waals surface area contributed by atoms with Gasteiger partial charge in [0.25, 0.3) is 0 Å². The van der Waals surface area contributed by atoms with Crippen molar-refractivity contribution in [2.24, 2.45) is 0 Å². The first kappa shape index (κ1) is 17.0. The first-order valence-electron chi connectivity index (χ1n) is 8.95. The van der Waals surface area contributed by atoms with E-state index in [0.29, 0.717) is 19.4 Å². The number of amides is 2. The van der Waals surface area contributed by atoms with Gasteiger partial charge >= 0.3 is 0 Å². The molecule has 3 N–H and O–H groups in total. The lowest BCUT2D eigenvalue weighted by Crippen LogP contribution is -2.44. The fourth-order valence-electron chi connectivity index (χ4n) is 3.63. The standard InChI is InChI=1S/C19H26N2O3/c22-17(20-13-19(24)9-2-1-3-10-19)6-4-5-14-7-8-16-15(11-14)12-18(23)21-16/h7-8,11,24H,1-6,9-10,12-13H2,(H,20,22)(H,21,23). The summed E-state index contributed by atoms with van der Waals surface area (Å²) in [6, 6.07) is 6.00. The molecule has 0 spiro atoms. The summed E-state index contributed by atoms with van der Waals surface area (Å²) in [7, 11) is 0. The molecule has 0 bridgehead atoms. The van der Waals surface area contributed by atoms with Crippen LogP contribution < -0.4 is 10.6 Å². The Kier molecular flexibility index (Phi) is 5.19. The quantitative estimate of drug-likeness (QED) is 0.749. The van der Waals surface area contributed by atoms with E-state index >= 15 is 0 Å². The minimum absolute atomic E-state index is 0.00648. The van der Waals surface area contributed by atoms with E-state index in [1.165, 1.54) is 6.42 Å². The molecule has 0 atom stereocenters. The Bertz CT molecular complexity index is 621. The largest absolute Gasteiger partial charge is 0.388 e. The van der Waals surface area contributed by atoms with Crippen molar-refractivity contribution in [1.82, 2.24) is 5.32 Å². The van der Waals surface area contributed by atoms with E-state index in [1.54, 1.807) is 0 Å². The lowest BCUT2D eigenvalue weighted by atomic mass is 9.85. The summed E-state index contributed by atoms with van der Waals surface area (Å²) < 4.78 is 0. The van der Waals surface area contributed by atoms with E-state index in [9.17, 15) is 14.7 Å². The van der Waals surface area contributed by atoms with Gasteiger partial charge in [-0.15, -0.1) is 0 Å². The molecular weight excluding hydrogens is 304 g/mol. The highest BCUT2D eigenvalue weighted by Crippen LogP contribution is 2.27. The zero-order chi connectivity index (χ0) is 17.0. The van der Waals surface area contributed by atoms with Crippen LogP contribution in [0.4, 0.5) is 5.69 Å². The minimum Gasteiger partial charge on any atom is -0.388 e. The van der Waals surface area contributed by atoms with E-state index in [0.717, 1.165) is 55.3 Å². The third-order valence-electron chi connectivity index (χ3n) is 5.06. The van der Waals surface area contributed by atoms with Gasteiger partial charge in [0.05, 0.1) is 12.0 Å². The fourth-order valence-corrected chi connectivity index (χ4v) is 3.63. The van der Waals surface area contributed by atoms with Crippen LogP contribution in [0, 0.1) is 0 Å². The number of rotatable bonds is 6. The van der Waals surface area contributed by atoms with Crippen molar-refractivity contribution in [3.63, 3.8) is 0 Å². The van der Waals surface area contributed by atoms with Crippen molar-refractivity contribution >= 4 is 17.5 Å². The smallest absolute Gasteiger partial charge is 0.228 e. The zero-order valence-electron chi connectivity index (χ0n) is 14.1. The first-order chi connectivity index (χ1) is 11.5. The second-order valence-corrected chi connectivity index (χ2v) is 7.13. The van der Waals surface area contributed by atoms with Gasteiger partial charge in [-0.25, -0.2) is 0 Å². The van der Waals surface area contributed by atoms with Gasteiger partial charge in [-0.3, -0.25) is 9.59 Å². The van der Waals surface area contributed by atoms with Gasteiger partial charge in [0.15, 0.2) is 0 Å². The highest BCUT2D eigenvalue weighted by molar-refractivity contribution is 5.99. The Morgan fingerprint density at radius 3 is 2.83 bits per heavy atom. The number of aryl methyl sites for hydroxylation is 1. The molecule has 0 saturated heterocycles. The molecule has 24 heavy (non-hydrogen) atoms. The summed E-state index contributed by atoms with van der Waals surface area (Å²) in [5, 5.41) is 16.1. The van der Waals surface area contributed by atoms with E-state index < -0.39 is 5.60 Å². The van der Waals surface area contributed by atoms with Crippen LogP contribution in [-0.4, -0.2) is 29.1 Å². The molecule has 0 unspecified atom stereocenters. The van der Waals surface area contributed by atoms with Gasteiger partial charge in [-0.05, 0) is 42.9 Å². The van der Waals surface area contributed by atoms with E-state index in [1.807, 2.05) is 12.1 Å². The van der Waals surface area contributed by atoms with Crippen LogP contribution in [-0.2, 0) is 22.4 Å². The van der Waals surface area contributed by atoms with Crippen molar-refractivity contribution in [3.8, 4) is 0 Å². The second kappa shape index (κ2) is 7.34. The van der Waals surface area contributed by atoms with Crippen molar-refractivity contribution in [3.05, 3.63) is 29.3 Å². The van der Waals surface area contributed by atoms with Crippen molar-refractivity contribution in [1.29, 1.82) is 0 Å². The van der Waals surface area contributed by atoms with Crippen molar-refractivity contribution < 1.29 is 14.7 Å². The van der Waals surface area contributed by atoms with Gasteiger partial charge in [-0.2, -0.15) is 0 Å². The SMILES string of the molecule is O=C(CCCc1ccc2c(c1)CC(=O)N2)NCC1(O)CCCCC1. The predicted octanol–water partition coefficient (Wildman–Crippen LogP) is 2.32. The molecule has 130 valence electrons. The second-order valence-electron chi connectivity index (χ2n) is 7.13. The van der Waals surface area contributed by atoms with Gasteiger partial charge in [0.2, 0.25) is 11.8 Å². The fraction of sp³-hybridized carbons (Fsp3) is 0.579. The van der Waals surface area contributed by atoms with Crippen LogP contribution in [0.1, 0.15) is 56.1 Å². The van der Waals surface area contributed by atoms with Gasteiger partial charge in [0.1, 0.15) is 0 Å². The molecule has 1 fully saturated rings. The monoisotopic (exact) mass is 330 g/mol. The average molecular weight is 330 g/mol. The maximum atomic E-state index is 12.0. The molecule has 5 nitrogen and oxygen atoms in total. The third-order valence-corrected chi connectivity index (χ3v) is 5.06. The predicted molar refractivity (Wildman–Crippen MR) is 92.8 cm³/mol. The number of nitrogens with one attached hydrogen (secondary N) is 2. The Morgan fingerprint density at radius 2 is 2.04 bits per heavy atom. The molecule has 0 radical (unpaired) electrons. The number of anilines is 1. The van der Waals surface area contributed by atoms with Crippen LogP contribution >= 0.6 is 0 Å². The summed E-state index contributed by atoms with van der Waals surface area (Å²) in [5.41, 5.74) is 2.40. The summed E-state index contributed by atoms with van der Waals surface area (Å²) >= 11 is 0. The molecule has 2 aliphatic rings. The third kappa shape index (κ3) is 4.35. The molecule has 0 aromatic heterocycles. The number of hydrogen-bond donors (Lipinski definition) is 3. The van der Waals surface area contributed by atoms with Crippen molar-refractivity contribution in [2.45, 2.75) is 63.4 Å². The lowest BCUT2D eigenvalue weighted by molar-refractivity contribution is -0.122. The van der Waals surface area contributed by atoms with Crippen LogP contribution in [0.3, 0.4) is 0 Å². The topological polar surface area (TPSA) is 78.4 Å². The number of carbonyl (C=O) groups excluding carboxylic acids is 2. The summed E-state index contributed by atoms with van der Waals surface area (Å²) in [5.74, 6) is 0.0502. The number of benzene rings is 1. The molecule has 3 rings (SSSR count). The molecular formula is C19H26N2O3. The van der Waals surface area contributed by atoms with Crippen LogP contribution in [0.5, 0.6) is 0 Å². The Labute approximate surface area is 142 Å². The van der Waals surface area contributed by atoms with E-state index in [4.69, 9.17) is 0 Å². The van der Waals surface area contributed by atoms with Gasteiger partial charge < -0.3 is 15.7 Å². The number of carbonyl (C=O) groups is 2. The van der Waals surface area contributed by atoms with Gasteiger partial charge in [-0.1, -0.05) is 31.4 Å². The number of fused-ring (bicyclic) bond motifs is 1. The molecule has 5 heteroatoms. The maximum Gasteiger partial charge on any atom is 0.228 e. The first-order valence-corrected chi connectivity index (χ1v) is 8.95. The summed E-state index contributed by atoms with van der Waals surface area (Å²) in [4.78, 5) is 23.3. The van der Waals surface area contributed by atoms with Crippen LogP contribution in [0.25, 0.3) is 0 Å². The zero-order valence-corrected chi connectivity index (χ0v) is 14.1. The van der Waals surface area contributed by atoms with Gasteiger partial charge in [0, 0.05) is 18.7 Å². The Balaban J connectivity index is 1.39. The highest BCUT2D eigenvalue weighted by Gasteiger charge is 2.29. The maximum absolute atomic E-state index is 12.0. The van der Waals surface area contributed by atoms with E-state index in [2.05, 4.69) is 16.7 Å². The minimum atomic E-state index is -0.701. The molecule has 1 aromatic carbocycles. The lowest BCUT2D eigenvalue weighted by Gasteiger charge is -2.32. The summed E-state index contributed by atoms with van der Waals surface area (Å²) in [6.45, 7) is 0.373. The molecule has 1 heterocycles. The Hall–Kier alpha value is -1.88. The molecule has 2 amide bonds. The molecule has 1 aromatic rings.